The topological polar surface area (TPSA) is 89.9 Å². The first kappa shape index (κ1) is 17.2. The molecule has 0 bridgehead atoms. The lowest BCUT2D eigenvalue weighted by atomic mass is 9.83. The lowest BCUT2D eigenvalue weighted by molar-refractivity contribution is -0.149. The number of carbonyl (C=O) groups is 3. The molecule has 0 aromatic carbocycles. The number of aliphatic carboxylic acids is 1. The normalized spacial score (nSPS) is 21.3. The molecule has 0 spiro atoms. The summed E-state index contributed by atoms with van der Waals surface area (Å²) < 4.78 is 10.1. The Balaban J connectivity index is 2.12. The van der Waals surface area contributed by atoms with Crippen molar-refractivity contribution in [2.75, 3.05) is 13.2 Å². The molecular formula is C15H22O6. The highest BCUT2D eigenvalue weighted by Gasteiger charge is 2.23. The molecule has 0 aromatic heterocycles. The number of hydrogen-bond donors (Lipinski definition) is 1. The number of carbonyl (C=O) groups excluding carboxylic acids is 2. The molecule has 1 fully saturated rings. The van der Waals surface area contributed by atoms with E-state index >= 15 is 0 Å². The van der Waals surface area contributed by atoms with Gasteiger partial charge in [-0.15, -0.1) is 0 Å². The van der Waals surface area contributed by atoms with E-state index in [0.717, 1.165) is 31.8 Å². The number of rotatable bonds is 8. The van der Waals surface area contributed by atoms with Crippen molar-refractivity contribution >= 4 is 17.9 Å². The summed E-state index contributed by atoms with van der Waals surface area (Å²) in [5.41, 5.74) is 0. The SMILES string of the molecule is C=CC(=O)OCC1CCC(COC(=O)CCC(=O)O)CC1. The zero-order valence-electron chi connectivity index (χ0n) is 12.1. The van der Waals surface area contributed by atoms with Gasteiger partial charge >= 0.3 is 17.9 Å². The van der Waals surface area contributed by atoms with Gasteiger partial charge in [-0.3, -0.25) is 9.59 Å². The van der Waals surface area contributed by atoms with Crippen LogP contribution in [0.5, 0.6) is 0 Å². The third-order valence-electron chi connectivity index (χ3n) is 3.62. The maximum Gasteiger partial charge on any atom is 0.330 e. The van der Waals surface area contributed by atoms with Gasteiger partial charge in [-0.2, -0.15) is 0 Å². The van der Waals surface area contributed by atoms with Crippen molar-refractivity contribution in [3.05, 3.63) is 12.7 Å². The Labute approximate surface area is 124 Å². The fourth-order valence-corrected chi connectivity index (χ4v) is 2.32. The van der Waals surface area contributed by atoms with Crippen LogP contribution in [0, 0.1) is 11.8 Å². The molecule has 6 heteroatoms. The molecule has 1 aliphatic carbocycles. The van der Waals surface area contributed by atoms with Crippen LogP contribution in [-0.2, 0) is 23.9 Å². The van der Waals surface area contributed by atoms with Crippen molar-refractivity contribution in [1.82, 2.24) is 0 Å². The Morgan fingerprint density at radius 3 is 2.00 bits per heavy atom. The summed E-state index contributed by atoms with van der Waals surface area (Å²) in [5.74, 6) is -1.19. The standard InChI is InChI=1S/C15H22O6/c1-2-14(18)20-9-11-3-5-12(6-4-11)10-21-15(19)8-7-13(16)17/h2,11-12H,1,3-10H2,(H,16,17). The van der Waals surface area contributed by atoms with Crippen LogP contribution in [0.15, 0.2) is 12.7 Å². The fourth-order valence-electron chi connectivity index (χ4n) is 2.32. The maximum atomic E-state index is 11.3. The molecule has 118 valence electrons. The molecule has 0 atom stereocenters. The van der Waals surface area contributed by atoms with Crippen molar-refractivity contribution in [1.29, 1.82) is 0 Å². The number of hydrogen-bond acceptors (Lipinski definition) is 5. The van der Waals surface area contributed by atoms with Crippen molar-refractivity contribution in [2.24, 2.45) is 11.8 Å². The molecule has 0 radical (unpaired) electrons. The molecule has 0 saturated heterocycles. The molecule has 1 rings (SSSR count). The minimum atomic E-state index is -0.999. The van der Waals surface area contributed by atoms with Gasteiger partial charge in [-0.05, 0) is 37.5 Å². The highest BCUT2D eigenvalue weighted by Crippen LogP contribution is 2.29. The van der Waals surface area contributed by atoms with Gasteiger partial charge < -0.3 is 14.6 Å². The third-order valence-corrected chi connectivity index (χ3v) is 3.62. The van der Waals surface area contributed by atoms with Gasteiger partial charge in [-0.1, -0.05) is 6.58 Å². The number of esters is 2. The first-order valence-corrected chi connectivity index (χ1v) is 7.18. The Morgan fingerprint density at radius 2 is 1.52 bits per heavy atom. The van der Waals surface area contributed by atoms with E-state index in [4.69, 9.17) is 14.6 Å². The van der Waals surface area contributed by atoms with E-state index in [9.17, 15) is 14.4 Å². The van der Waals surface area contributed by atoms with E-state index in [0.29, 0.717) is 25.0 Å². The summed E-state index contributed by atoms with van der Waals surface area (Å²) in [6.45, 7) is 4.10. The van der Waals surface area contributed by atoms with Gasteiger partial charge in [0.25, 0.3) is 0 Å². The number of carboxylic acids is 1. The predicted molar refractivity (Wildman–Crippen MR) is 74.4 cm³/mol. The van der Waals surface area contributed by atoms with Gasteiger partial charge in [0.1, 0.15) is 0 Å². The lowest BCUT2D eigenvalue weighted by Crippen LogP contribution is -2.23. The summed E-state index contributed by atoms with van der Waals surface area (Å²) in [6.07, 6.45) is 4.58. The lowest BCUT2D eigenvalue weighted by Gasteiger charge is -2.27. The molecule has 21 heavy (non-hydrogen) atoms. The Hall–Kier alpha value is -1.85. The molecule has 1 aliphatic rings. The summed E-state index contributed by atoms with van der Waals surface area (Å²) in [7, 11) is 0. The number of ether oxygens (including phenoxy) is 2. The minimum absolute atomic E-state index is 0.0812. The van der Waals surface area contributed by atoms with E-state index < -0.39 is 17.9 Å². The largest absolute Gasteiger partial charge is 0.481 e. The van der Waals surface area contributed by atoms with Crippen LogP contribution < -0.4 is 0 Å². The van der Waals surface area contributed by atoms with E-state index in [1.54, 1.807) is 0 Å². The van der Waals surface area contributed by atoms with Crippen LogP contribution in [0.3, 0.4) is 0 Å². The van der Waals surface area contributed by atoms with Crippen molar-refractivity contribution < 1.29 is 29.0 Å². The van der Waals surface area contributed by atoms with E-state index in [-0.39, 0.29) is 12.8 Å². The minimum Gasteiger partial charge on any atom is -0.481 e. The molecule has 0 amide bonds. The molecule has 6 nitrogen and oxygen atoms in total. The van der Waals surface area contributed by atoms with Crippen LogP contribution in [-0.4, -0.2) is 36.2 Å². The van der Waals surface area contributed by atoms with Crippen LogP contribution in [0.4, 0.5) is 0 Å². The monoisotopic (exact) mass is 298 g/mol. The van der Waals surface area contributed by atoms with Crippen molar-refractivity contribution in [3.63, 3.8) is 0 Å². The average Bonchev–Trinajstić information content (AvgIpc) is 2.49. The van der Waals surface area contributed by atoms with Gasteiger partial charge in [-0.25, -0.2) is 4.79 Å². The fraction of sp³-hybridized carbons (Fsp3) is 0.667. The number of carboxylic acid groups (broad SMARTS) is 1. The average molecular weight is 298 g/mol. The van der Waals surface area contributed by atoms with Crippen molar-refractivity contribution in [3.8, 4) is 0 Å². The second-order valence-corrected chi connectivity index (χ2v) is 5.30. The van der Waals surface area contributed by atoms with E-state index in [1.807, 2.05) is 0 Å². The highest BCUT2D eigenvalue weighted by atomic mass is 16.5. The zero-order valence-corrected chi connectivity index (χ0v) is 12.1. The molecule has 0 unspecified atom stereocenters. The molecular weight excluding hydrogens is 276 g/mol. The second kappa shape index (κ2) is 9.15. The summed E-state index contributed by atoms with van der Waals surface area (Å²) in [4.78, 5) is 32.6. The first-order chi connectivity index (χ1) is 10.0. The van der Waals surface area contributed by atoms with Crippen molar-refractivity contribution in [2.45, 2.75) is 38.5 Å². The van der Waals surface area contributed by atoms with Crippen LogP contribution in [0.1, 0.15) is 38.5 Å². The van der Waals surface area contributed by atoms with Crippen LogP contribution in [0.25, 0.3) is 0 Å². The summed E-state index contributed by atoms with van der Waals surface area (Å²) >= 11 is 0. The van der Waals surface area contributed by atoms with Gasteiger partial charge in [0.05, 0.1) is 26.1 Å². The Bertz CT molecular complexity index is 382. The second-order valence-electron chi connectivity index (χ2n) is 5.30. The Morgan fingerprint density at radius 1 is 1.00 bits per heavy atom. The predicted octanol–water partition coefficient (Wildman–Crippen LogP) is 1.93. The molecule has 0 heterocycles. The van der Waals surface area contributed by atoms with Crippen LogP contribution in [0.2, 0.25) is 0 Å². The third kappa shape index (κ3) is 7.48. The van der Waals surface area contributed by atoms with Crippen LogP contribution >= 0.6 is 0 Å². The summed E-state index contributed by atoms with van der Waals surface area (Å²) in [5, 5.41) is 8.47. The van der Waals surface area contributed by atoms with E-state index in [1.165, 1.54) is 0 Å². The van der Waals surface area contributed by atoms with Gasteiger partial charge in [0.15, 0.2) is 0 Å². The quantitative estimate of drug-likeness (QED) is 0.544. The van der Waals surface area contributed by atoms with Gasteiger partial charge in [0, 0.05) is 6.08 Å². The molecule has 0 aromatic rings. The Kier molecular flexibility index (Phi) is 7.50. The first-order valence-electron chi connectivity index (χ1n) is 7.18. The summed E-state index contributed by atoms with van der Waals surface area (Å²) in [6, 6.07) is 0. The van der Waals surface area contributed by atoms with E-state index in [2.05, 4.69) is 6.58 Å². The molecule has 0 aliphatic heterocycles. The molecule has 1 N–H and O–H groups in total. The zero-order chi connectivity index (χ0) is 15.7. The molecule has 1 saturated carbocycles. The van der Waals surface area contributed by atoms with Gasteiger partial charge in [0.2, 0.25) is 0 Å². The maximum absolute atomic E-state index is 11.3. The smallest absolute Gasteiger partial charge is 0.330 e. The highest BCUT2D eigenvalue weighted by molar-refractivity contribution is 5.81.